The summed E-state index contributed by atoms with van der Waals surface area (Å²) in [6, 6.07) is 9.73. The van der Waals surface area contributed by atoms with Gasteiger partial charge in [0.1, 0.15) is 0 Å². The van der Waals surface area contributed by atoms with Crippen LogP contribution in [0.4, 0.5) is 0 Å². The van der Waals surface area contributed by atoms with Gasteiger partial charge in [-0.25, -0.2) is 0 Å². The van der Waals surface area contributed by atoms with E-state index in [0.29, 0.717) is 32.7 Å². The third kappa shape index (κ3) is 4.56. The fourth-order valence-electron chi connectivity index (χ4n) is 3.28. The highest BCUT2D eigenvalue weighted by atomic mass is 16.5. The van der Waals surface area contributed by atoms with Crippen LogP contribution in [0.25, 0.3) is 10.9 Å². The van der Waals surface area contributed by atoms with Crippen LogP contribution in [0.3, 0.4) is 0 Å². The van der Waals surface area contributed by atoms with E-state index in [4.69, 9.17) is 9.84 Å². The Balaban J connectivity index is 1.63. The van der Waals surface area contributed by atoms with Crippen molar-refractivity contribution in [2.24, 2.45) is 0 Å². The molecule has 1 saturated heterocycles. The first kappa shape index (κ1) is 18.3. The second-order valence-corrected chi connectivity index (χ2v) is 6.59. The highest BCUT2D eigenvalue weighted by Crippen LogP contribution is 2.18. The van der Waals surface area contributed by atoms with E-state index in [1.165, 1.54) is 0 Å². The summed E-state index contributed by atoms with van der Waals surface area (Å²) >= 11 is 0. The van der Waals surface area contributed by atoms with Crippen LogP contribution in [0, 0.1) is 0 Å². The number of benzene rings is 1. The molecule has 1 aromatic carbocycles. The van der Waals surface area contributed by atoms with Crippen LogP contribution in [0.2, 0.25) is 0 Å². The Morgan fingerprint density at radius 3 is 2.96 bits per heavy atom. The molecule has 1 N–H and O–H groups in total. The molecule has 0 radical (unpaired) electrons. The molecular formula is C19H23N3O4. The number of hydrogen-bond acceptors (Lipinski definition) is 5. The number of amides is 1. The van der Waals surface area contributed by atoms with Gasteiger partial charge in [-0.05, 0) is 18.7 Å². The molecule has 1 aromatic heterocycles. The summed E-state index contributed by atoms with van der Waals surface area (Å²) in [7, 11) is 1.74. The molecule has 1 fully saturated rings. The number of rotatable bonds is 6. The van der Waals surface area contributed by atoms with Crippen molar-refractivity contribution in [3.63, 3.8) is 0 Å². The second-order valence-electron chi connectivity index (χ2n) is 6.59. The first-order valence-electron chi connectivity index (χ1n) is 8.65. The van der Waals surface area contributed by atoms with Gasteiger partial charge in [0.2, 0.25) is 5.91 Å². The van der Waals surface area contributed by atoms with Crippen molar-refractivity contribution < 1.29 is 19.4 Å². The molecule has 0 saturated carbocycles. The molecule has 1 unspecified atom stereocenters. The van der Waals surface area contributed by atoms with E-state index < -0.39 is 5.97 Å². The highest BCUT2D eigenvalue weighted by Gasteiger charge is 2.26. The molecule has 26 heavy (non-hydrogen) atoms. The number of morpholine rings is 1. The minimum absolute atomic E-state index is 0.0392. The summed E-state index contributed by atoms with van der Waals surface area (Å²) in [5.74, 6) is -0.836. The number of likely N-dealkylation sites (N-methyl/N-ethyl adjacent to an activating group) is 1. The molecule has 1 amide bonds. The number of carboxylic acids is 1. The van der Waals surface area contributed by atoms with E-state index in [1.807, 2.05) is 30.3 Å². The molecule has 1 aliphatic heterocycles. The van der Waals surface area contributed by atoms with E-state index in [9.17, 15) is 9.59 Å². The largest absolute Gasteiger partial charge is 0.480 e. The van der Waals surface area contributed by atoms with Crippen LogP contribution in [-0.2, 0) is 20.7 Å². The molecule has 7 heteroatoms. The monoisotopic (exact) mass is 357 g/mol. The molecule has 0 spiro atoms. The number of carbonyl (C=O) groups is 2. The van der Waals surface area contributed by atoms with Crippen LogP contribution < -0.4 is 0 Å². The number of para-hydroxylation sites is 1. The van der Waals surface area contributed by atoms with Crippen molar-refractivity contribution in [2.75, 3.05) is 39.8 Å². The number of ether oxygens (including phenoxy) is 1. The van der Waals surface area contributed by atoms with Crippen molar-refractivity contribution >= 4 is 22.8 Å². The number of carboxylic acid groups (broad SMARTS) is 1. The summed E-state index contributed by atoms with van der Waals surface area (Å²) in [5.41, 5.74) is 1.77. The standard InChI is InChI=1S/C19H23N3O4/c1-21(13-18(24)25)11-16-12-22(8-9-26-16)17(23)10-15-5-2-4-14-6-3-7-20-19(14)15/h2-7,16H,8-13H2,1H3,(H,24,25). The first-order chi connectivity index (χ1) is 12.5. The predicted molar refractivity (Wildman–Crippen MR) is 96.9 cm³/mol. The minimum atomic E-state index is -0.875. The SMILES string of the molecule is CN(CC(=O)O)CC1CN(C(=O)Cc2cccc3cccnc23)CCO1. The smallest absolute Gasteiger partial charge is 0.317 e. The van der Waals surface area contributed by atoms with Crippen LogP contribution >= 0.6 is 0 Å². The molecule has 0 bridgehead atoms. The highest BCUT2D eigenvalue weighted by molar-refractivity contribution is 5.87. The van der Waals surface area contributed by atoms with Gasteiger partial charge in [-0.1, -0.05) is 24.3 Å². The van der Waals surface area contributed by atoms with Gasteiger partial charge in [0.15, 0.2) is 0 Å². The zero-order chi connectivity index (χ0) is 18.5. The average Bonchev–Trinajstić information content (AvgIpc) is 2.61. The molecule has 138 valence electrons. The van der Waals surface area contributed by atoms with Crippen LogP contribution in [0.15, 0.2) is 36.5 Å². The predicted octanol–water partition coefficient (Wildman–Crippen LogP) is 1.02. The second kappa shape index (κ2) is 8.25. The lowest BCUT2D eigenvalue weighted by molar-refractivity contribution is -0.142. The summed E-state index contributed by atoms with van der Waals surface area (Å²) in [6.07, 6.45) is 1.86. The van der Waals surface area contributed by atoms with E-state index in [1.54, 1.807) is 23.0 Å². The van der Waals surface area contributed by atoms with E-state index >= 15 is 0 Å². The van der Waals surface area contributed by atoms with Crippen LogP contribution in [0.1, 0.15) is 5.56 Å². The minimum Gasteiger partial charge on any atom is -0.480 e. The topological polar surface area (TPSA) is 83.0 Å². The van der Waals surface area contributed by atoms with Gasteiger partial charge in [0.05, 0.1) is 31.2 Å². The van der Waals surface area contributed by atoms with E-state index in [0.717, 1.165) is 16.5 Å². The number of hydrogen-bond donors (Lipinski definition) is 1. The van der Waals surface area contributed by atoms with Crippen molar-refractivity contribution in [3.8, 4) is 0 Å². The van der Waals surface area contributed by atoms with Crippen molar-refractivity contribution in [1.82, 2.24) is 14.8 Å². The van der Waals surface area contributed by atoms with Crippen LogP contribution in [-0.4, -0.2) is 77.7 Å². The van der Waals surface area contributed by atoms with Gasteiger partial charge in [-0.15, -0.1) is 0 Å². The van der Waals surface area contributed by atoms with Crippen molar-refractivity contribution in [1.29, 1.82) is 0 Å². The Morgan fingerprint density at radius 1 is 1.35 bits per heavy atom. The Hall–Kier alpha value is -2.51. The Bertz CT molecular complexity index is 790. The molecule has 0 aliphatic carbocycles. The maximum Gasteiger partial charge on any atom is 0.317 e. The third-order valence-corrected chi connectivity index (χ3v) is 4.47. The first-order valence-corrected chi connectivity index (χ1v) is 8.65. The summed E-state index contributed by atoms with van der Waals surface area (Å²) in [5, 5.41) is 9.87. The fourth-order valence-corrected chi connectivity index (χ4v) is 3.28. The third-order valence-electron chi connectivity index (χ3n) is 4.47. The number of fused-ring (bicyclic) bond motifs is 1. The number of aromatic nitrogens is 1. The van der Waals surface area contributed by atoms with Gasteiger partial charge in [0.25, 0.3) is 0 Å². The quantitative estimate of drug-likeness (QED) is 0.831. The Labute approximate surface area is 152 Å². The van der Waals surface area contributed by atoms with E-state index in [2.05, 4.69) is 4.98 Å². The maximum absolute atomic E-state index is 12.8. The number of pyridine rings is 1. The average molecular weight is 357 g/mol. The van der Waals surface area contributed by atoms with Gasteiger partial charge in [-0.2, -0.15) is 0 Å². The van der Waals surface area contributed by atoms with Gasteiger partial charge in [-0.3, -0.25) is 19.5 Å². The Kier molecular flexibility index (Phi) is 5.80. The molecule has 2 aromatic rings. The van der Waals surface area contributed by atoms with Crippen molar-refractivity contribution in [3.05, 3.63) is 42.1 Å². The van der Waals surface area contributed by atoms with E-state index in [-0.39, 0.29) is 18.6 Å². The number of carbonyl (C=O) groups excluding carboxylic acids is 1. The summed E-state index contributed by atoms with van der Waals surface area (Å²) < 4.78 is 5.69. The number of aliphatic carboxylic acids is 1. The summed E-state index contributed by atoms with van der Waals surface area (Å²) in [4.78, 5) is 31.4. The maximum atomic E-state index is 12.8. The summed E-state index contributed by atoms with van der Waals surface area (Å²) in [6.45, 7) is 1.92. The lowest BCUT2D eigenvalue weighted by atomic mass is 10.1. The van der Waals surface area contributed by atoms with Gasteiger partial charge < -0.3 is 14.7 Å². The zero-order valence-corrected chi connectivity index (χ0v) is 14.8. The fraction of sp³-hybridized carbons (Fsp3) is 0.421. The Morgan fingerprint density at radius 2 is 2.15 bits per heavy atom. The molecule has 3 rings (SSSR count). The van der Waals surface area contributed by atoms with Gasteiger partial charge >= 0.3 is 5.97 Å². The number of nitrogens with zero attached hydrogens (tertiary/aromatic N) is 3. The zero-order valence-electron chi connectivity index (χ0n) is 14.8. The van der Waals surface area contributed by atoms with Crippen LogP contribution in [0.5, 0.6) is 0 Å². The normalized spacial score (nSPS) is 17.6. The molecule has 1 aliphatic rings. The molecule has 7 nitrogen and oxygen atoms in total. The molecule has 1 atom stereocenters. The van der Waals surface area contributed by atoms with Crippen molar-refractivity contribution in [2.45, 2.75) is 12.5 Å². The van der Waals surface area contributed by atoms with Gasteiger partial charge in [0, 0.05) is 31.2 Å². The molecular weight excluding hydrogens is 334 g/mol. The molecule has 2 heterocycles. The lowest BCUT2D eigenvalue weighted by Crippen LogP contribution is -2.50. The lowest BCUT2D eigenvalue weighted by Gasteiger charge is -2.34.